The molecule has 3 rings (SSSR count). The SMILES string of the molecule is Cc1nn(C)c(CC(N)c2cccc3nccnc23)c1Cl. The average molecular weight is 302 g/mol. The zero-order chi connectivity index (χ0) is 15.0. The van der Waals surface area contributed by atoms with Crippen LogP contribution >= 0.6 is 11.6 Å². The molecule has 1 aromatic carbocycles. The van der Waals surface area contributed by atoms with Crippen LogP contribution in [0, 0.1) is 6.92 Å². The number of nitrogens with two attached hydrogens (primary N) is 1. The summed E-state index contributed by atoms with van der Waals surface area (Å²) in [5.41, 5.74) is 10.8. The van der Waals surface area contributed by atoms with E-state index in [4.69, 9.17) is 17.3 Å². The maximum absolute atomic E-state index is 6.37. The van der Waals surface area contributed by atoms with Crippen molar-refractivity contribution in [2.75, 3.05) is 0 Å². The third kappa shape index (κ3) is 2.50. The summed E-state index contributed by atoms with van der Waals surface area (Å²) in [6, 6.07) is 5.65. The standard InChI is InChI=1S/C15H16ClN5/c1-9-14(16)13(21(2)20-9)8-11(17)10-4-3-5-12-15(10)19-7-6-18-12/h3-7,11H,8,17H2,1-2H3. The van der Waals surface area contributed by atoms with Gasteiger partial charge in [-0.05, 0) is 18.6 Å². The fraction of sp³-hybridized carbons (Fsp3) is 0.267. The highest BCUT2D eigenvalue weighted by Gasteiger charge is 2.17. The molecule has 2 N–H and O–H groups in total. The first kappa shape index (κ1) is 14.0. The largest absolute Gasteiger partial charge is 0.324 e. The highest BCUT2D eigenvalue weighted by atomic mass is 35.5. The number of aryl methyl sites for hydroxylation is 2. The van der Waals surface area contributed by atoms with Crippen LogP contribution in [-0.2, 0) is 13.5 Å². The molecule has 21 heavy (non-hydrogen) atoms. The van der Waals surface area contributed by atoms with Crippen LogP contribution in [0.4, 0.5) is 0 Å². The Hall–Kier alpha value is -1.98. The van der Waals surface area contributed by atoms with E-state index in [1.54, 1.807) is 17.1 Å². The number of halogens is 1. The Balaban J connectivity index is 1.99. The maximum Gasteiger partial charge on any atom is 0.0934 e. The fourth-order valence-corrected chi connectivity index (χ4v) is 2.77. The molecule has 1 atom stereocenters. The lowest BCUT2D eigenvalue weighted by atomic mass is 10.0. The maximum atomic E-state index is 6.37. The minimum Gasteiger partial charge on any atom is -0.324 e. The Kier molecular flexibility index (Phi) is 3.61. The molecule has 108 valence electrons. The summed E-state index contributed by atoms with van der Waals surface area (Å²) >= 11 is 6.30. The van der Waals surface area contributed by atoms with Crippen LogP contribution in [0.25, 0.3) is 11.0 Å². The Bertz CT molecular complexity index is 791. The van der Waals surface area contributed by atoms with Gasteiger partial charge in [0.1, 0.15) is 0 Å². The number of nitrogens with zero attached hydrogens (tertiary/aromatic N) is 4. The first-order chi connectivity index (χ1) is 10.1. The molecular weight excluding hydrogens is 286 g/mol. The summed E-state index contributed by atoms with van der Waals surface area (Å²) in [6.45, 7) is 1.89. The first-order valence-electron chi connectivity index (χ1n) is 6.71. The molecule has 0 aliphatic heterocycles. The predicted octanol–water partition coefficient (Wildman–Crippen LogP) is 2.57. The zero-order valence-electron chi connectivity index (χ0n) is 11.9. The molecule has 3 aromatic rings. The highest BCUT2D eigenvalue weighted by Crippen LogP contribution is 2.26. The minimum absolute atomic E-state index is 0.210. The van der Waals surface area contributed by atoms with Crippen LogP contribution in [0.1, 0.15) is 23.0 Å². The van der Waals surface area contributed by atoms with Crippen LogP contribution in [-0.4, -0.2) is 19.7 Å². The van der Waals surface area contributed by atoms with Gasteiger partial charge in [0.05, 0.1) is 27.4 Å². The lowest BCUT2D eigenvalue weighted by Crippen LogP contribution is -2.16. The van der Waals surface area contributed by atoms with Crippen molar-refractivity contribution in [1.29, 1.82) is 0 Å². The third-order valence-corrected chi connectivity index (χ3v) is 4.10. The smallest absolute Gasteiger partial charge is 0.0934 e. The molecule has 0 spiro atoms. The second-order valence-electron chi connectivity index (χ2n) is 5.05. The molecule has 2 aromatic heterocycles. The van der Waals surface area contributed by atoms with Crippen LogP contribution in [0.2, 0.25) is 5.02 Å². The van der Waals surface area contributed by atoms with Crippen LogP contribution < -0.4 is 5.73 Å². The van der Waals surface area contributed by atoms with Crippen molar-refractivity contribution in [1.82, 2.24) is 19.7 Å². The second kappa shape index (κ2) is 5.42. The van der Waals surface area contributed by atoms with E-state index in [1.807, 2.05) is 32.2 Å². The van der Waals surface area contributed by atoms with Gasteiger partial charge in [-0.15, -0.1) is 0 Å². The zero-order valence-corrected chi connectivity index (χ0v) is 12.7. The number of para-hydroxylation sites is 1. The monoisotopic (exact) mass is 301 g/mol. The topological polar surface area (TPSA) is 69.6 Å². The normalized spacial score (nSPS) is 12.8. The molecule has 6 heteroatoms. The van der Waals surface area contributed by atoms with Gasteiger partial charge < -0.3 is 5.73 Å². The minimum atomic E-state index is -0.210. The van der Waals surface area contributed by atoms with Crippen LogP contribution in [0.5, 0.6) is 0 Å². The molecule has 0 saturated heterocycles. The van der Waals surface area contributed by atoms with Crippen molar-refractivity contribution in [2.45, 2.75) is 19.4 Å². The van der Waals surface area contributed by atoms with E-state index in [0.29, 0.717) is 11.4 Å². The van der Waals surface area contributed by atoms with Crippen molar-refractivity contribution in [3.63, 3.8) is 0 Å². The summed E-state index contributed by atoms with van der Waals surface area (Å²) in [5, 5.41) is 5.00. The van der Waals surface area contributed by atoms with Crippen molar-refractivity contribution in [3.05, 3.63) is 52.6 Å². The Morgan fingerprint density at radius 2 is 2.05 bits per heavy atom. The van der Waals surface area contributed by atoms with E-state index in [1.165, 1.54) is 0 Å². The Morgan fingerprint density at radius 1 is 1.29 bits per heavy atom. The van der Waals surface area contributed by atoms with Gasteiger partial charge in [-0.1, -0.05) is 23.7 Å². The number of hydrogen-bond acceptors (Lipinski definition) is 4. The molecule has 0 aliphatic carbocycles. The van der Waals surface area contributed by atoms with E-state index < -0.39 is 0 Å². The van der Waals surface area contributed by atoms with Crippen LogP contribution in [0.3, 0.4) is 0 Å². The lowest BCUT2D eigenvalue weighted by molar-refractivity contribution is 0.641. The van der Waals surface area contributed by atoms with Gasteiger partial charge >= 0.3 is 0 Å². The summed E-state index contributed by atoms with van der Waals surface area (Å²) in [6.07, 6.45) is 3.96. The van der Waals surface area contributed by atoms with Crippen molar-refractivity contribution < 1.29 is 0 Å². The number of benzene rings is 1. The fourth-order valence-electron chi connectivity index (χ4n) is 2.53. The molecule has 5 nitrogen and oxygen atoms in total. The molecule has 2 heterocycles. The van der Waals surface area contributed by atoms with E-state index in [-0.39, 0.29) is 6.04 Å². The first-order valence-corrected chi connectivity index (χ1v) is 7.09. The van der Waals surface area contributed by atoms with Crippen molar-refractivity contribution in [2.24, 2.45) is 12.8 Å². The number of aromatic nitrogens is 4. The van der Waals surface area contributed by atoms with Crippen molar-refractivity contribution >= 4 is 22.6 Å². The van der Waals surface area contributed by atoms with Crippen LogP contribution in [0.15, 0.2) is 30.6 Å². The average Bonchev–Trinajstić information content (AvgIpc) is 2.73. The molecule has 0 amide bonds. The highest BCUT2D eigenvalue weighted by molar-refractivity contribution is 6.31. The van der Waals surface area contributed by atoms with Gasteiger partial charge in [-0.3, -0.25) is 14.6 Å². The Labute approximate surface area is 127 Å². The van der Waals surface area contributed by atoms with Gasteiger partial charge in [-0.25, -0.2) is 0 Å². The number of hydrogen-bond donors (Lipinski definition) is 1. The Morgan fingerprint density at radius 3 is 2.76 bits per heavy atom. The molecule has 1 unspecified atom stereocenters. The van der Waals surface area contributed by atoms with Gasteiger partial charge in [0, 0.05) is 31.9 Å². The third-order valence-electron chi connectivity index (χ3n) is 3.60. The van der Waals surface area contributed by atoms with E-state index in [2.05, 4.69) is 15.1 Å². The van der Waals surface area contributed by atoms with Gasteiger partial charge in [0.2, 0.25) is 0 Å². The van der Waals surface area contributed by atoms with Gasteiger partial charge in [0.25, 0.3) is 0 Å². The predicted molar refractivity (Wildman–Crippen MR) is 83.1 cm³/mol. The number of fused-ring (bicyclic) bond motifs is 1. The second-order valence-corrected chi connectivity index (χ2v) is 5.43. The molecule has 0 aliphatic rings. The molecule has 0 radical (unpaired) electrons. The summed E-state index contributed by atoms with van der Waals surface area (Å²) in [5.74, 6) is 0. The molecule has 0 bridgehead atoms. The summed E-state index contributed by atoms with van der Waals surface area (Å²) < 4.78 is 1.79. The summed E-state index contributed by atoms with van der Waals surface area (Å²) in [4.78, 5) is 8.70. The van der Waals surface area contributed by atoms with E-state index in [0.717, 1.165) is 28.0 Å². The quantitative estimate of drug-likeness (QED) is 0.807. The lowest BCUT2D eigenvalue weighted by Gasteiger charge is -2.14. The molecule has 0 fully saturated rings. The van der Waals surface area contributed by atoms with Gasteiger partial charge in [0.15, 0.2) is 0 Å². The van der Waals surface area contributed by atoms with Crippen molar-refractivity contribution in [3.8, 4) is 0 Å². The molecule has 0 saturated carbocycles. The number of rotatable bonds is 3. The van der Waals surface area contributed by atoms with E-state index in [9.17, 15) is 0 Å². The molecular formula is C15H16ClN5. The van der Waals surface area contributed by atoms with E-state index >= 15 is 0 Å². The van der Waals surface area contributed by atoms with Gasteiger partial charge in [-0.2, -0.15) is 5.10 Å². The summed E-state index contributed by atoms with van der Waals surface area (Å²) in [7, 11) is 1.88.